The van der Waals surface area contributed by atoms with Crippen LogP contribution in [-0.2, 0) is 15.0 Å². The summed E-state index contributed by atoms with van der Waals surface area (Å²) in [6.07, 6.45) is 7.18. The molecular weight excluding hydrogens is 350 g/mol. The Bertz CT molecular complexity index is 723. The van der Waals surface area contributed by atoms with Crippen LogP contribution < -0.4 is 10.0 Å². The maximum atomic E-state index is 12.7. The molecule has 1 unspecified atom stereocenters. The Kier molecular flexibility index (Phi) is 5.99. The second-order valence-corrected chi connectivity index (χ2v) is 9.30. The second kappa shape index (κ2) is 8.06. The van der Waals surface area contributed by atoms with Gasteiger partial charge in [-0.05, 0) is 50.3 Å². The lowest BCUT2D eigenvalue weighted by Gasteiger charge is -2.31. The van der Waals surface area contributed by atoms with Gasteiger partial charge in [-0.25, -0.2) is 0 Å². The number of carbonyl (C=O) groups is 1. The molecule has 1 aromatic rings. The van der Waals surface area contributed by atoms with Crippen molar-refractivity contribution in [1.82, 2.24) is 9.03 Å². The van der Waals surface area contributed by atoms with E-state index in [1.54, 1.807) is 7.05 Å². The van der Waals surface area contributed by atoms with Crippen LogP contribution in [0.5, 0.6) is 0 Å². The first-order chi connectivity index (χ1) is 12.4. The molecule has 0 heterocycles. The van der Waals surface area contributed by atoms with Crippen LogP contribution in [0.1, 0.15) is 63.5 Å². The quantitative estimate of drug-likeness (QED) is 0.764. The standard InChI is InChI=1S/C19H29N3O3S/c1-14(21-26(24,25)22(2)18-6-4-3-5-7-18)15-10-12-17(13-11-15)20-19(23)16-8-9-16/h10-14,16,18,21H,3-9H2,1-2H3,(H,20,23). The van der Waals surface area contributed by atoms with E-state index >= 15 is 0 Å². The van der Waals surface area contributed by atoms with Crippen LogP contribution in [0.25, 0.3) is 0 Å². The molecule has 2 saturated carbocycles. The topological polar surface area (TPSA) is 78.5 Å². The van der Waals surface area contributed by atoms with Crippen LogP contribution in [0.15, 0.2) is 24.3 Å². The van der Waals surface area contributed by atoms with E-state index in [2.05, 4.69) is 10.0 Å². The third kappa shape index (κ3) is 4.84. The highest BCUT2D eigenvalue weighted by molar-refractivity contribution is 7.87. The van der Waals surface area contributed by atoms with Gasteiger partial charge in [-0.2, -0.15) is 17.4 Å². The van der Waals surface area contributed by atoms with Gasteiger partial charge < -0.3 is 5.32 Å². The van der Waals surface area contributed by atoms with Crippen LogP contribution in [0.3, 0.4) is 0 Å². The molecule has 1 aromatic carbocycles. The van der Waals surface area contributed by atoms with Gasteiger partial charge in [0.15, 0.2) is 0 Å². The molecule has 2 aliphatic rings. The number of hydrogen-bond acceptors (Lipinski definition) is 3. The lowest BCUT2D eigenvalue weighted by Crippen LogP contribution is -2.45. The number of anilines is 1. The molecule has 3 rings (SSSR count). The molecule has 0 spiro atoms. The molecular formula is C19H29N3O3S. The fourth-order valence-corrected chi connectivity index (χ4v) is 4.81. The Morgan fingerprint density at radius 1 is 1.08 bits per heavy atom. The lowest BCUT2D eigenvalue weighted by atomic mass is 9.96. The van der Waals surface area contributed by atoms with E-state index in [-0.39, 0.29) is 23.9 Å². The van der Waals surface area contributed by atoms with Gasteiger partial charge in [0.05, 0.1) is 0 Å². The van der Waals surface area contributed by atoms with Crippen LogP contribution in [0.2, 0.25) is 0 Å². The van der Waals surface area contributed by atoms with E-state index in [9.17, 15) is 13.2 Å². The van der Waals surface area contributed by atoms with Crippen LogP contribution >= 0.6 is 0 Å². The minimum absolute atomic E-state index is 0.0700. The number of rotatable bonds is 7. The maximum Gasteiger partial charge on any atom is 0.279 e. The Labute approximate surface area is 156 Å². The highest BCUT2D eigenvalue weighted by Crippen LogP contribution is 2.30. The fourth-order valence-electron chi connectivity index (χ4n) is 3.46. The molecule has 2 N–H and O–H groups in total. The van der Waals surface area contributed by atoms with Crippen molar-refractivity contribution in [2.24, 2.45) is 5.92 Å². The van der Waals surface area contributed by atoms with Gasteiger partial charge >= 0.3 is 0 Å². The second-order valence-electron chi connectivity index (χ2n) is 7.54. The average Bonchev–Trinajstić information content (AvgIpc) is 3.47. The summed E-state index contributed by atoms with van der Waals surface area (Å²) in [5.74, 6) is 0.233. The molecule has 0 aromatic heterocycles. The van der Waals surface area contributed by atoms with Crippen molar-refractivity contribution < 1.29 is 13.2 Å². The molecule has 2 aliphatic carbocycles. The highest BCUT2D eigenvalue weighted by atomic mass is 32.2. The molecule has 0 bridgehead atoms. The van der Waals surface area contributed by atoms with Crippen molar-refractivity contribution in [2.75, 3.05) is 12.4 Å². The predicted molar refractivity (Wildman–Crippen MR) is 103 cm³/mol. The molecule has 1 atom stereocenters. The summed E-state index contributed by atoms with van der Waals surface area (Å²) in [5, 5.41) is 2.89. The van der Waals surface area contributed by atoms with Gasteiger partial charge in [0.25, 0.3) is 10.2 Å². The minimum Gasteiger partial charge on any atom is -0.326 e. The zero-order valence-electron chi connectivity index (χ0n) is 15.6. The highest BCUT2D eigenvalue weighted by Gasteiger charge is 2.30. The van der Waals surface area contributed by atoms with Crippen molar-refractivity contribution >= 4 is 21.8 Å². The first-order valence-corrected chi connectivity index (χ1v) is 11.0. The van der Waals surface area contributed by atoms with E-state index in [4.69, 9.17) is 0 Å². The first-order valence-electron chi connectivity index (χ1n) is 9.53. The van der Waals surface area contributed by atoms with Crippen molar-refractivity contribution in [3.63, 3.8) is 0 Å². The molecule has 26 heavy (non-hydrogen) atoms. The summed E-state index contributed by atoms with van der Waals surface area (Å²) in [4.78, 5) is 11.8. The summed E-state index contributed by atoms with van der Waals surface area (Å²) in [6.45, 7) is 1.84. The fraction of sp³-hybridized carbons (Fsp3) is 0.632. The van der Waals surface area contributed by atoms with E-state index in [0.717, 1.165) is 49.8 Å². The smallest absolute Gasteiger partial charge is 0.279 e. The first kappa shape index (κ1) is 19.3. The number of carbonyl (C=O) groups excluding carboxylic acids is 1. The van der Waals surface area contributed by atoms with Crippen LogP contribution in [-0.4, -0.2) is 31.7 Å². The number of amides is 1. The Balaban J connectivity index is 1.59. The third-order valence-corrected chi connectivity index (χ3v) is 7.13. The van der Waals surface area contributed by atoms with Gasteiger partial charge in [0.1, 0.15) is 0 Å². The lowest BCUT2D eigenvalue weighted by molar-refractivity contribution is -0.117. The molecule has 144 valence electrons. The van der Waals surface area contributed by atoms with Crippen molar-refractivity contribution in [1.29, 1.82) is 0 Å². The van der Waals surface area contributed by atoms with Gasteiger partial charge in [-0.15, -0.1) is 0 Å². The zero-order valence-corrected chi connectivity index (χ0v) is 16.4. The summed E-state index contributed by atoms with van der Waals surface area (Å²) < 4.78 is 29.6. The van der Waals surface area contributed by atoms with Crippen molar-refractivity contribution in [2.45, 2.75) is 64.0 Å². The predicted octanol–water partition coefficient (Wildman–Crippen LogP) is 3.20. The Morgan fingerprint density at radius 3 is 2.27 bits per heavy atom. The number of benzene rings is 1. The average molecular weight is 380 g/mol. The summed E-state index contributed by atoms with van der Waals surface area (Å²) in [5.41, 5.74) is 1.62. The summed E-state index contributed by atoms with van der Waals surface area (Å²) in [7, 11) is -1.86. The Morgan fingerprint density at radius 2 is 1.69 bits per heavy atom. The zero-order chi connectivity index (χ0) is 18.7. The summed E-state index contributed by atoms with van der Waals surface area (Å²) in [6, 6.07) is 7.12. The number of nitrogens with one attached hydrogen (secondary N) is 2. The minimum atomic E-state index is -3.53. The Hall–Kier alpha value is -1.44. The molecule has 0 radical (unpaired) electrons. The van der Waals surface area contributed by atoms with Gasteiger partial charge in [-0.1, -0.05) is 31.4 Å². The number of hydrogen-bond donors (Lipinski definition) is 2. The van der Waals surface area contributed by atoms with E-state index in [1.807, 2.05) is 31.2 Å². The van der Waals surface area contributed by atoms with Crippen LogP contribution in [0, 0.1) is 5.92 Å². The maximum absolute atomic E-state index is 12.7. The monoisotopic (exact) mass is 379 g/mol. The molecule has 0 saturated heterocycles. The van der Waals surface area contributed by atoms with E-state index in [0.29, 0.717) is 0 Å². The molecule has 1 amide bonds. The number of nitrogens with zero attached hydrogens (tertiary/aromatic N) is 1. The summed E-state index contributed by atoms with van der Waals surface area (Å²) >= 11 is 0. The van der Waals surface area contributed by atoms with Gasteiger partial charge in [0.2, 0.25) is 5.91 Å². The normalized spacial score (nSPS) is 20.1. The molecule has 0 aliphatic heterocycles. The largest absolute Gasteiger partial charge is 0.326 e. The van der Waals surface area contributed by atoms with E-state index < -0.39 is 10.2 Å². The van der Waals surface area contributed by atoms with Gasteiger partial charge in [0, 0.05) is 30.7 Å². The molecule has 7 heteroatoms. The molecule has 6 nitrogen and oxygen atoms in total. The van der Waals surface area contributed by atoms with Crippen molar-refractivity contribution in [3.05, 3.63) is 29.8 Å². The van der Waals surface area contributed by atoms with Gasteiger partial charge in [-0.3, -0.25) is 4.79 Å². The third-order valence-electron chi connectivity index (χ3n) is 5.42. The van der Waals surface area contributed by atoms with Crippen LogP contribution in [0.4, 0.5) is 5.69 Å². The SMILES string of the molecule is CC(NS(=O)(=O)N(C)C1CCCCC1)c1ccc(NC(=O)C2CC2)cc1. The molecule has 2 fully saturated rings. The van der Waals surface area contributed by atoms with E-state index in [1.165, 1.54) is 10.7 Å². The van der Waals surface area contributed by atoms with Crippen molar-refractivity contribution in [3.8, 4) is 0 Å².